The Bertz CT molecular complexity index is 808. The molecule has 6 saturated carbocycles. The van der Waals surface area contributed by atoms with Crippen molar-refractivity contribution in [3.05, 3.63) is 0 Å². The first-order chi connectivity index (χ1) is 12.7. The molecule has 3 nitrogen and oxygen atoms in total. The predicted molar refractivity (Wildman–Crippen MR) is 101 cm³/mol. The number of hydrogen-bond donors (Lipinski definition) is 2. The standard InChI is InChI=1S/C24H32O3/c1-4-7-23(26)18-11-15(18)20-19-14-10-17(14)24(27)12-13(25)5-8-21(24,2)16(19)6-9-22(20,23)3/h14-20,26-27H,5-6,8-12H2,1-3H3/t14?,15-,16?,17-,18?,19?,20?,21-,22+,23+,24-/m1/s1. The molecule has 27 heavy (non-hydrogen) atoms. The number of Topliss-reactive ketones (excluding diaryl/α,β-unsaturated/α-hetero) is 1. The molecule has 6 fully saturated rings. The molecule has 6 aliphatic rings. The lowest BCUT2D eigenvalue weighted by Gasteiger charge is -2.63. The first-order valence-corrected chi connectivity index (χ1v) is 11.1. The molecule has 0 heterocycles. The van der Waals surface area contributed by atoms with Crippen LogP contribution < -0.4 is 0 Å². The van der Waals surface area contributed by atoms with Crippen LogP contribution in [0.15, 0.2) is 0 Å². The van der Waals surface area contributed by atoms with Crippen LogP contribution in [-0.2, 0) is 4.79 Å². The van der Waals surface area contributed by atoms with Gasteiger partial charge < -0.3 is 10.2 Å². The summed E-state index contributed by atoms with van der Waals surface area (Å²) in [6.07, 6.45) is 6.16. The predicted octanol–water partition coefficient (Wildman–Crippen LogP) is 3.18. The summed E-state index contributed by atoms with van der Waals surface area (Å²) in [6.45, 7) is 6.47. The van der Waals surface area contributed by atoms with Gasteiger partial charge in [0, 0.05) is 29.6 Å². The van der Waals surface area contributed by atoms with Gasteiger partial charge in [-0.15, -0.1) is 5.92 Å². The highest BCUT2D eigenvalue weighted by molar-refractivity contribution is 5.81. The molecular formula is C24H32O3. The zero-order valence-corrected chi connectivity index (χ0v) is 16.8. The van der Waals surface area contributed by atoms with Gasteiger partial charge in [0.1, 0.15) is 11.4 Å². The lowest BCUT2D eigenvalue weighted by molar-refractivity contribution is -0.218. The van der Waals surface area contributed by atoms with Gasteiger partial charge >= 0.3 is 0 Å². The van der Waals surface area contributed by atoms with E-state index >= 15 is 0 Å². The van der Waals surface area contributed by atoms with Crippen molar-refractivity contribution in [2.75, 3.05) is 0 Å². The highest BCUT2D eigenvalue weighted by atomic mass is 16.3. The van der Waals surface area contributed by atoms with E-state index in [1.807, 2.05) is 6.92 Å². The second kappa shape index (κ2) is 4.65. The molecule has 6 aliphatic carbocycles. The zero-order valence-electron chi connectivity index (χ0n) is 16.8. The Kier molecular flexibility index (Phi) is 2.94. The quantitative estimate of drug-likeness (QED) is 0.646. The van der Waals surface area contributed by atoms with Crippen LogP contribution in [0.1, 0.15) is 65.7 Å². The van der Waals surface area contributed by atoms with Crippen LogP contribution in [0.2, 0.25) is 0 Å². The van der Waals surface area contributed by atoms with Gasteiger partial charge in [-0.2, -0.15) is 0 Å². The van der Waals surface area contributed by atoms with Crippen molar-refractivity contribution in [3.63, 3.8) is 0 Å². The smallest absolute Gasteiger partial charge is 0.135 e. The fourth-order valence-electron chi connectivity index (χ4n) is 9.40. The molecule has 0 bridgehead atoms. The highest BCUT2D eigenvalue weighted by Gasteiger charge is 2.81. The van der Waals surface area contributed by atoms with Crippen molar-refractivity contribution >= 4 is 5.78 Å². The first kappa shape index (κ1) is 17.0. The lowest BCUT2D eigenvalue weighted by atomic mass is 9.42. The fourth-order valence-corrected chi connectivity index (χ4v) is 9.40. The van der Waals surface area contributed by atoms with Crippen LogP contribution in [0.5, 0.6) is 0 Å². The van der Waals surface area contributed by atoms with Crippen LogP contribution in [-0.4, -0.2) is 27.2 Å². The van der Waals surface area contributed by atoms with Gasteiger partial charge in [0.2, 0.25) is 0 Å². The second-order valence-corrected chi connectivity index (χ2v) is 11.4. The molecule has 0 aromatic rings. The van der Waals surface area contributed by atoms with E-state index in [2.05, 4.69) is 25.7 Å². The van der Waals surface area contributed by atoms with Crippen LogP contribution in [0.25, 0.3) is 0 Å². The maximum atomic E-state index is 12.2. The SMILES string of the molecule is CC#C[C@]1(O)C2C[C@H]2C2C3C4C[C@H]4[C@]4(O)CC(=O)CC[C@]4(C)C3CC[C@@]21C. The Morgan fingerprint density at radius 2 is 1.74 bits per heavy atom. The van der Waals surface area contributed by atoms with E-state index in [9.17, 15) is 15.0 Å². The van der Waals surface area contributed by atoms with Crippen molar-refractivity contribution in [3.8, 4) is 11.8 Å². The topological polar surface area (TPSA) is 57.5 Å². The monoisotopic (exact) mass is 368 g/mol. The summed E-state index contributed by atoms with van der Waals surface area (Å²) in [7, 11) is 0. The number of fused-ring (bicyclic) bond motifs is 10. The van der Waals surface area contributed by atoms with Crippen molar-refractivity contribution in [2.24, 2.45) is 52.3 Å². The zero-order chi connectivity index (χ0) is 19.0. The van der Waals surface area contributed by atoms with E-state index in [4.69, 9.17) is 0 Å². The third-order valence-corrected chi connectivity index (χ3v) is 10.8. The number of aliphatic hydroxyl groups is 2. The van der Waals surface area contributed by atoms with Crippen molar-refractivity contribution in [1.82, 2.24) is 0 Å². The highest BCUT2D eigenvalue weighted by Crippen LogP contribution is 2.81. The van der Waals surface area contributed by atoms with E-state index in [-0.39, 0.29) is 16.6 Å². The average Bonchev–Trinajstić information content (AvgIpc) is 3.49. The molecule has 0 amide bonds. The molecule has 0 spiro atoms. The summed E-state index contributed by atoms with van der Waals surface area (Å²) in [5.41, 5.74) is -1.83. The summed E-state index contributed by atoms with van der Waals surface area (Å²) in [6, 6.07) is 0. The number of carbonyl (C=O) groups is 1. The number of ketones is 1. The van der Waals surface area contributed by atoms with Gasteiger partial charge in [-0.1, -0.05) is 19.8 Å². The second-order valence-electron chi connectivity index (χ2n) is 11.4. The molecular weight excluding hydrogens is 336 g/mol. The maximum Gasteiger partial charge on any atom is 0.135 e. The van der Waals surface area contributed by atoms with Gasteiger partial charge in [0.25, 0.3) is 0 Å². The van der Waals surface area contributed by atoms with Crippen LogP contribution >= 0.6 is 0 Å². The number of hydrogen-bond acceptors (Lipinski definition) is 3. The molecule has 0 aromatic heterocycles. The van der Waals surface area contributed by atoms with Crippen molar-refractivity contribution in [2.45, 2.75) is 76.9 Å². The maximum absolute atomic E-state index is 12.2. The Hall–Kier alpha value is -0.850. The van der Waals surface area contributed by atoms with E-state index in [1.165, 1.54) is 0 Å². The molecule has 3 heteroatoms. The molecule has 0 aromatic carbocycles. The van der Waals surface area contributed by atoms with Crippen molar-refractivity contribution < 1.29 is 15.0 Å². The fraction of sp³-hybridized carbons (Fsp3) is 0.875. The third-order valence-electron chi connectivity index (χ3n) is 10.8. The molecule has 5 unspecified atom stereocenters. The van der Waals surface area contributed by atoms with E-state index in [1.54, 1.807) is 0 Å². The van der Waals surface area contributed by atoms with Crippen LogP contribution in [0.4, 0.5) is 0 Å². The lowest BCUT2D eigenvalue weighted by Crippen LogP contribution is -2.65. The van der Waals surface area contributed by atoms with Gasteiger partial charge in [0.15, 0.2) is 0 Å². The molecule has 11 atom stereocenters. The summed E-state index contributed by atoms with van der Waals surface area (Å²) in [5, 5.41) is 23.4. The molecule has 0 aliphatic heterocycles. The summed E-state index contributed by atoms with van der Waals surface area (Å²) >= 11 is 0. The van der Waals surface area contributed by atoms with Gasteiger partial charge in [-0.3, -0.25) is 4.79 Å². The number of carbonyl (C=O) groups excluding carboxylic acids is 1. The van der Waals surface area contributed by atoms with Gasteiger partial charge in [-0.25, -0.2) is 0 Å². The van der Waals surface area contributed by atoms with E-state index in [0.717, 1.165) is 32.1 Å². The Labute approximate surface area is 162 Å². The first-order valence-electron chi connectivity index (χ1n) is 11.1. The summed E-state index contributed by atoms with van der Waals surface area (Å²) < 4.78 is 0. The van der Waals surface area contributed by atoms with Crippen LogP contribution in [0.3, 0.4) is 0 Å². The Morgan fingerprint density at radius 3 is 2.48 bits per heavy atom. The van der Waals surface area contributed by atoms with E-state index < -0.39 is 11.2 Å². The van der Waals surface area contributed by atoms with E-state index in [0.29, 0.717) is 54.3 Å². The van der Waals surface area contributed by atoms with Gasteiger partial charge in [0.05, 0.1) is 5.60 Å². The molecule has 6 rings (SSSR count). The number of rotatable bonds is 0. The summed E-state index contributed by atoms with van der Waals surface area (Å²) in [5.74, 6) is 10.1. The molecule has 0 radical (unpaired) electrons. The largest absolute Gasteiger partial charge is 0.389 e. The molecule has 2 N–H and O–H groups in total. The minimum Gasteiger partial charge on any atom is -0.389 e. The van der Waals surface area contributed by atoms with Gasteiger partial charge in [-0.05, 0) is 74.5 Å². The van der Waals surface area contributed by atoms with Crippen molar-refractivity contribution in [1.29, 1.82) is 0 Å². The minimum atomic E-state index is -0.816. The van der Waals surface area contributed by atoms with Crippen LogP contribution in [0, 0.1) is 64.1 Å². The normalized spacial score (nSPS) is 64.9. The minimum absolute atomic E-state index is 0.103. The molecule has 0 saturated heterocycles. The molecule has 146 valence electrons. The summed E-state index contributed by atoms with van der Waals surface area (Å²) in [4.78, 5) is 12.2. The third kappa shape index (κ3) is 1.66. The Balaban J connectivity index is 1.45. The Morgan fingerprint density at radius 1 is 1.00 bits per heavy atom. The average molecular weight is 369 g/mol.